The number of carbonyl (C=O) groups excluding carboxylic acids is 1. The molecule has 0 bridgehead atoms. The van der Waals surface area contributed by atoms with Crippen molar-refractivity contribution in [1.29, 1.82) is 0 Å². The molecule has 5 nitrogen and oxygen atoms in total. The quantitative estimate of drug-likeness (QED) is 0.757. The summed E-state index contributed by atoms with van der Waals surface area (Å²) in [7, 11) is 0. The number of hydrogen-bond acceptors (Lipinski definition) is 4. The lowest BCUT2D eigenvalue weighted by atomic mass is 10.2. The Morgan fingerprint density at radius 3 is 2.60 bits per heavy atom. The van der Waals surface area contributed by atoms with Crippen LogP contribution in [-0.4, -0.2) is 35.1 Å². The summed E-state index contributed by atoms with van der Waals surface area (Å²) in [4.78, 5) is 11.6. The van der Waals surface area contributed by atoms with E-state index in [1.54, 1.807) is 6.92 Å². The fraction of sp³-hybridized carbons (Fsp3) is 0.667. The zero-order valence-electron chi connectivity index (χ0n) is 11.5. The Balaban J connectivity index is 2.93. The highest BCUT2D eigenvalue weighted by atomic mass is 19.4. The highest BCUT2D eigenvalue weighted by Gasteiger charge is 2.30. The van der Waals surface area contributed by atoms with Gasteiger partial charge in [-0.2, -0.15) is 18.3 Å². The van der Waals surface area contributed by atoms with Crippen LogP contribution >= 0.6 is 0 Å². The van der Waals surface area contributed by atoms with Gasteiger partial charge in [0.15, 0.2) is 12.4 Å². The lowest BCUT2D eigenvalue weighted by Gasteiger charge is -2.08. The Labute approximate surface area is 114 Å². The first-order valence-corrected chi connectivity index (χ1v) is 6.17. The first kappa shape index (κ1) is 16.3. The Hall–Kier alpha value is -1.73. The van der Waals surface area contributed by atoms with E-state index in [0.717, 1.165) is 0 Å². The second kappa shape index (κ2) is 6.62. The van der Waals surface area contributed by atoms with Gasteiger partial charge in [-0.1, -0.05) is 13.8 Å². The Bertz CT molecular complexity index is 455. The third-order valence-electron chi connectivity index (χ3n) is 2.14. The van der Waals surface area contributed by atoms with Gasteiger partial charge in [0, 0.05) is 6.54 Å². The fourth-order valence-electron chi connectivity index (χ4n) is 1.48. The zero-order chi connectivity index (χ0) is 15.3. The molecule has 0 amide bonds. The Morgan fingerprint density at radius 1 is 1.45 bits per heavy atom. The summed E-state index contributed by atoms with van der Waals surface area (Å²) < 4.78 is 47.3. The standard InChI is InChI=1S/C12H17F3N2O3/c1-4-19-11(18)10-9(20-7-12(13,14)15)6-17(16-10)5-8(2)3/h6,8H,4-5,7H2,1-3H3. The Kier molecular flexibility index (Phi) is 5.41. The minimum Gasteiger partial charge on any atom is -0.480 e. The van der Waals surface area contributed by atoms with Crippen molar-refractivity contribution in [3.05, 3.63) is 11.9 Å². The van der Waals surface area contributed by atoms with Crippen LogP contribution in [0.1, 0.15) is 31.3 Å². The van der Waals surface area contributed by atoms with Crippen LogP contribution in [-0.2, 0) is 11.3 Å². The van der Waals surface area contributed by atoms with E-state index in [4.69, 9.17) is 4.74 Å². The summed E-state index contributed by atoms with van der Waals surface area (Å²) in [6, 6.07) is 0. The zero-order valence-corrected chi connectivity index (χ0v) is 11.5. The van der Waals surface area contributed by atoms with Crippen LogP contribution in [0.15, 0.2) is 6.20 Å². The first-order chi connectivity index (χ1) is 9.23. The maximum absolute atomic E-state index is 12.2. The van der Waals surface area contributed by atoms with E-state index in [9.17, 15) is 18.0 Å². The molecule has 0 saturated heterocycles. The molecule has 0 aliphatic rings. The SMILES string of the molecule is CCOC(=O)c1nn(CC(C)C)cc1OCC(F)(F)F. The molecule has 0 unspecified atom stereocenters. The van der Waals surface area contributed by atoms with E-state index < -0.39 is 18.8 Å². The fourth-order valence-corrected chi connectivity index (χ4v) is 1.48. The molecule has 1 aromatic heterocycles. The lowest BCUT2D eigenvalue weighted by Crippen LogP contribution is -2.20. The van der Waals surface area contributed by atoms with Gasteiger partial charge in [0.25, 0.3) is 0 Å². The molecule has 0 fully saturated rings. The lowest BCUT2D eigenvalue weighted by molar-refractivity contribution is -0.153. The normalized spacial score (nSPS) is 11.8. The van der Waals surface area contributed by atoms with Crippen molar-refractivity contribution >= 4 is 5.97 Å². The predicted octanol–water partition coefficient (Wildman–Crippen LogP) is 2.66. The molecule has 0 aromatic carbocycles. The van der Waals surface area contributed by atoms with Gasteiger partial charge in [-0.15, -0.1) is 0 Å². The average molecular weight is 294 g/mol. The van der Waals surface area contributed by atoms with Gasteiger partial charge < -0.3 is 9.47 Å². The number of halogens is 3. The molecule has 1 rings (SSSR count). The maximum atomic E-state index is 12.2. The van der Waals surface area contributed by atoms with Crippen molar-refractivity contribution in [1.82, 2.24) is 9.78 Å². The molecule has 1 aromatic rings. The number of esters is 1. The van der Waals surface area contributed by atoms with Crippen LogP contribution in [0.5, 0.6) is 5.75 Å². The van der Waals surface area contributed by atoms with E-state index in [2.05, 4.69) is 9.84 Å². The van der Waals surface area contributed by atoms with Gasteiger partial charge in [0.1, 0.15) is 0 Å². The first-order valence-electron chi connectivity index (χ1n) is 6.17. The molecular weight excluding hydrogens is 277 g/mol. The molecule has 0 spiro atoms. The minimum atomic E-state index is -4.48. The molecule has 0 saturated carbocycles. The summed E-state index contributed by atoms with van der Waals surface area (Å²) in [5, 5.41) is 3.92. The minimum absolute atomic E-state index is 0.106. The summed E-state index contributed by atoms with van der Waals surface area (Å²) in [6.07, 6.45) is -3.20. The Morgan fingerprint density at radius 2 is 2.10 bits per heavy atom. The summed E-state index contributed by atoms with van der Waals surface area (Å²) in [6.45, 7) is 4.52. The van der Waals surface area contributed by atoms with Gasteiger partial charge >= 0.3 is 12.1 Å². The van der Waals surface area contributed by atoms with Crippen LogP contribution in [0.25, 0.3) is 0 Å². The number of aromatic nitrogens is 2. The van der Waals surface area contributed by atoms with E-state index in [1.165, 1.54) is 10.9 Å². The van der Waals surface area contributed by atoms with Gasteiger partial charge in [-0.3, -0.25) is 4.68 Å². The summed E-state index contributed by atoms with van der Waals surface area (Å²) in [5.74, 6) is -0.797. The number of carbonyl (C=O) groups is 1. The van der Waals surface area contributed by atoms with Crippen molar-refractivity contribution in [2.45, 2.75) is 33.5 Å². The number of nitrogens with zero attached hydrogens (tertiary/aromatic N) is 2. The maximum Gasteiger partial charge on any atom is 0.422 e. The second-order valence-corrected chi connectivity index (χ2v) is 4.58. The number of hydrogen-bond donors (Lipinski definition) is 0. The third kappa shape index (κ3) is 5.10. The van der Waals surface area contributed by atoms with Crippen LogP contribution < -0.4 is 4.74 Å². The molecule has 0 N–H and O–H groups in total. The molecular formula is C12H17F3N2O3. The molecule has 0 aliphatic carbocycles. The van der Waals surface area contributed by atoms with Crippen LogP contribution in [0.2, 0.25) is 0 Å². The van der Waals surface area contributed by atoms with Gasteiger partial charge in [-0.05, 0) is 12.8 Å². The molecule has 0 radical (unpaired) electrons. The van der Waals surface area contributed by atoms with E-state index in [-0.39, 0.29) is 24.0 Å². The summed E-state index contributed by atoms with van der Waals surface area (Å²) >= 11 is 0. The summed E-state index contributed by atoms with van der Waals surface area (Å²) in [5.41, 5.74) is -0.239. The topological polar surface area (TPSA) is 53.3 Å². The molecule has 20 heavy (non-hydrogen) atoms. The van der Waals surface area contributed by atoms with Crippen molar-refractivity contribution in [3.8, 4) is 5.75 Å². The van der Waals surface area contributed by atoms with Gasteiger partial charge in [-0.25, -0.2) is 4.79 Å². The number of alkyl halides is 3. The van der Waals surface area contributed by atoms with Crippen molar-refractivity contribution in [3.63, 3.8) is 0 Å². The largest absolute Gasteiger partial charge is 0.480 e. The van der Waals surface area contributed by atoms with E-state index in [0.29, 0.717) is 6.54 Å². The second-order valence-electron chi connectivity index (χ2n) is 4.58. The van der Waals surface area contributed by atoms with Crippen molar-refractivity contribution in [2.24, 2.45) is 5.92 Å². The smallest absolute Gasteiger partial charge is 0.422 e. The highest BCUT2D eigenvalue weighted by Crippen LogP contribution is 2.22. The molecule has 0 atom stereocenters. The van der Waals surface area contributed by atoms with Crippen molar-refractivity contribution < 1.29 is 27.4 Å². The molecule has 8 heteroatoms. The van der Waals surface area contributed by atoms with Crippen LogP contribution in [0.4, 0.5) is 13.2 Å². The van der Waals surface area contributed by atoms with Crippen LogP contribution in [0.3, 0.4) is 0 Å². The van der Waals surface area contributed by atoms with Gasteiger partial charge in [0.05, 0.1) is 12.8 Å². The average Bonchev–Trinajstić information content (AvgIpc) is 2.68. The third-order valence-corrected chi connectivity index (χ3v) is 2.14. The van der Waals surface area contributed by atoms with E-state index in [1.807, 2.05) is 13.8 Å². The predicted molar refractivity (Wildman–Crippen MR) is 64.6 cm³/mol. The van der Waals surface area contributed by atoms with Crippen LogP contribution in [0, 0.1) is 5.92 Å². The number of ether oxygens (including phenoxy) is 2. The molecule has 1 heterocycles. The van der Waals surface area contributed by atoms with Gasteiger partial charge in [0.2, 0.25) is 5.69 Å². The highest BCUT2D eigenvalue weighted by molar-refractivity contribution is 5.90. The van der Waals surface area contributed by atoms with E-state index >= 15 is 0 Å². The molecule has 114 valence electrons. The van der Waals surface area contributed by atoms with Crippen molar-refractivity contribution in [2.75, 3.05) is 13.2 Å². The molecule has 0 aliphatic heterocycles. The number of rotatable bonds is 6. The monoisotopic (exact) mass is 294 g/mol.